The Morgan fingerprint density at radius 1 is 0.773 bits per heavy atom. The van der Waals surface area contributed by atoms with Crippen molar-refractivity contribution in [2.45, 2.75) is 36.6 Å². The second kappa shape index (κ2) is 11.7. The monoisotopic (exact) mass is 628 g/mol. The minimum absolute atomic E-state index is 0.000330. The van der Waals surface area contributed by atoms with E-state index in [1.54, 1.807) is 42.5 Å². The first-order valence-electron chi connectivity index (χ1n) is 13.1. The van der Waals surface area contributed by atoms with Gasteiger partial charge in [0.15, 0.2) is 0 Å². The number of anilines is 1. The molecule has 1 N–H and O–H groups in total. The number of fused-ring (bicyclic) bond motifs is 1. The molecule has 0 saturated heterocycles. The Kier molecular flexibility index (Phi) is 8.13. The lowest BCUT2D eigenvalue weighted by Crippen LogP contribution is -2.14. The van der Waals surface area contributed by atoms with E-state index in [-0.39, 0.29) is 28.6 Å². The zero-order valence-corrected chi connectivity index (χ0v) is 23.4. The van der Waals surface area contributed by atoms with Gasteiger partial charge in [-0.15, -0.1) is 0 Å². The van der Waals surface area contributed by atoms with E-state index in [4.69, 9.17) is 5.26 Å². The van der Waals surface area contributed by atoms with Crippen molar-refractivity contribution in [2.75, 3.05) is 4.72 Å². The molecule has 44 heavy (non-hydrogen) atoms. The summed E-state index contributed by atoms with van der Waals surface area (Å²) in [5, 5.41) is 9.04. The van der Waals surface area contributed by atoms with Crippen molar-refractivity contribution >= 4 is 26.7 Å². The molecular weight excluding hydrogens is 606 g/mol. The van der Waals surface area contributed by atoms with E-state index >= 15 is 0 Å². The molecule has 0 aliphatic carbocycles. The predicted molar refractivity (Wildman–Crippen MR) is 151 cm³/mol. The third-order valence-electron chi connectivity index (χ3n) is 6.84. The number of sulfonamides is 1. The number of nitriles is 1. The van der Waals surface area contributed by atoms with E-state index in [0.717, 1.165) is 5.56 Å². The van der Waals surface area contributed by atoms with Crippen LogP contribution >= 0.6 is 0 Å². The van der Waals surface area contributed by atoms with Crippen molar-refractivity contribution < 1.29 is 34.8 Å². The van der Waals surface area contributed by atoms with Gasteiger partial charge in [-0.05, 0) is 78.2 Å². The van der Waals surface area contributed by atoms with Gasteiger partial charge in [0.25, 0.3) is 10.0 Å². The van der Waals surface area contributed by atoms with Gasteiger partial charge in [0.05, 0.1) is 44.4 Å². The van der Waals surface area contributed by atoms with E-state index in [0.29, 0.717) is 41.0 Å². The lowest BCUT2D eigenvalue weighted by Gasteiger charge is -2.16. The van der Waals surface area contributed by atoms with E-state index in [1.807, 2.05) is 6.07 Å². The third kappa shape index (κ3) is 6.86. The highest BCUT2D eigenvalue weighted by atomic mass is 32.2. The number of benzene rings is 4. The molecule has 0 aliphatic rings. The highest BCUT2D eigenvalue weighted by Gasteiger charge is 2.37. The summed E-state index contributed by atoms with van der Waals surface area (Å²) in [4.78, 5) is 4.59. The molecule has 0 aliphatic heterocycles. The Morgan fingerprint density at radius 3 is 2.00 bits per heavy atom. The Morgan fingerprint density at radius 2 is 1.41 bits per heavy atom. The molecule has 5 rings (SSSR count). The molecule has 226 valence electrons. The molecule has 1 heterocycles. The molecule has 0 spiro atoms. The second-order valence-electron chi connectivity index (χ2n) is 9.96. The van der Waals surface area contributed by atoms with Crippen molar-refractivity contribution in [3.8, 4) is 6.07 Å². The maximum Gasteiger partial charge on any atom is 0.416 e. The topological polar surface area (TPSA) is 87.8 Å². The average Bonchev–Trinajstić information content (AvgIpc) is 3.31. The van der Waals surface area contributed by atoms with Gasteiger partial charge in [0.1, 0.15) is 5.82 Å². The van der Waals surface area contributed by atoms with Crippen molar-refractivity contribution in [1.82, 2.24) is 9.55 Å². The average molecular weight is 629 g/mol. The Balaban J connectivity index is 1.58. The van der Waals surface area contributed by atoms with Crippen LogP contribution in [0, 0.1) is 11.3 Å². The van der Waals surface area contributed by atoms with Crippen molar-refractivity contribution in [1.29, 1.82) is 5.26 Å². The number of alkyl halides is 6. The molecule has 0 amide bonds. The second-order valence-corrected chi connectivity index (χ2v) is 11.6. The summed E-state index contributed by atoms with van der Waals surface area (Å²) in [7, 11) is -4.00. The van der Waals surface area contributed by atoms with Crippen molar-refractivity contribution in [2.24, 2.45) is 0 Å². The van der Waals surface area contributed by atoms with E-state index in [1.165, 1.54) is 34.9 Å². The fourth-order valence-corrected chi connectivity index (χ4v) is 5.78. The quantitative estimate of drug-likeness (QED) is 0.180. The normalized spacial score (nSPS) is 12.3. The highest BCUT2D eigenvalue weighted by molar-refractivity contribution is 7.92. The molecular formula is C31H22F6N4O2S. The van der Waals surface area contributed by atoms with Crippen LogP contribution in [0.25, 0.3) is 11.0 Å². The number of aryl methyl sites for hydroxylation is 2. The zero-order valence-electron chi connectivity index (χ0n) is 22.6. The Hall–Kier alpha value is -4.83. The number of imidazole rings is 1. The molecule has 0 bridgehead atoms. The lowest BCUT2D eigenvalue weighted by molar-refractivity contribution is -0.143. The molecule has 4 aromatic carbocycles. The molecule has 0 atom stereocenters. The third-order valence-corrected chi connectivity index (χ3v) is 8.24. The van der Waals surface area contributed by atoms with Gasteiger partial charge >= 0.3 is 12.4 Å². The predicted octanol–water partition coefficient (Wildman–Crippen LogP) is 7.58. The summed E-state index contributed by atoms with van der Waals surface area (Å²) < 4.78 is 111. The maximum absolute atomic E-state index is 13.6. The minimum atomic E-state index is -5.02. The smallest absolute Gasteiger partial charge is 0.323 e. The first-order valence-corrected chi connectivity index (χ1v) is 14.6. The molecule has 5 aromatic rings. The van der Waals surface area contributed by atoms with Crippen LogP contribution in [0.5, 0.6) is 0 Å². The summed E-state index contributed by atoms with van der Waals surface area (Å²) >= 11 is 0. The highest BCUT2D eigenvalue weighted by Crippen LogP contribution is 2.37. The Labute approximate surface area is 248 Å². The molecule has 0 radical (unpaired) electrons. The summed E-state index contributed by atoms with van der Waals surface area (Å²) in [6, 6.07) is 22.1. The standard InChI is InChI=1S/C31H22F6N4O2S/c32-30(33,34)23-14-22(15-24(16-23)31(35,36)37)19-41-28-17-25(40-44(42,43)26-4-2-1-3-5-26)11-12-27(28)39-29(41)13-10-20-6-8-21(18-38)9-7-20/h1-9,11-12,14-17,40H,10,13,19H2. The van der Waals surface area contributed by atoms with E-state index in [9.17, 15) is 34.8 Å². The number of aromatic nitrogens is 2. The summed E-state index contributed by atoms with van der Waals surface area (Å²) in [6.45, 7) is -0.402. The van der Waals surface area contributed by atoms with Gasteiger partial charge in [0, 0.05) is 13.0 Å². The van der Waals surface area contributed by atoms with Crippen LogP contribution in [0.3, 0.4) is 0 Å². The molecule has 0 fully saturated rings. The van der Waals surface area contributed by atoms with Crippen LogP contribution in [0.15, 0.2) is 95.9 Å². The largest absolute Gasteiger partial charge is 0.416 e. The number of hydrogen-bond acceptors (Lipinski definition) is 4. The summed E-state index contributed by atoms with van der Waals surface area (Å²) in [5.74, 6) is 0.360. The fraction of sp³-hybridized carbons (Fsp3) is 0.161. The van der Waals surface area contributed by atoms with Crippen LogP contribution in [0.2, 0.25) is 0 Å². The van der Waals surface area contributed by atoms with Gasteiger partial charge < -0.3 is 4.57 Å². The number of rotatable bonds is 8. The van der Waals surface area contributed by atoms with Gasteiger partial charge in [-0.2, -0.15) is 31.6 Å². The number of nitrogens with zero attached hydrogens (tertiary/aromatic N) is 3. The first kappa shape index (κ1) is 30.6. The van der Waals surface area contributed by atoms with Crippen LogP contribution in [-0.4, -0.2) is 18.0 Å². The molecule has 1 aromatic heterocycles. The summed E-state index contributed by atoms with van der Waals surface area (Å²) in [6.07, 6.45) is -9.39. The SMILES string of the molecule is N#Cc1ccc(CCc2nc3ccc(NS(=O)(=O)c4ccccc4)cc3n2Cc2cc(C(F)(F)F)cc(C(F)(F)F)c2)cc1. The van der Waals surface area contributed by atoms with Gasteiger partial charge in [-0.1, -0.05) is 30.3 Å². The molecule has 6 nitrogen and oxygen atoms in total. The molecule has 0 saturated carbocycles. The number of nitrogens with one attached hydrogen (secondary N) is 1. The number of hydrogen-bond donors (Lipinski definition) is 1. The maximum atomic E-state index is 13.6. The van der Waals surface area contributed by atoms with E-state index < -0.39 is 40.0 Å². The number of halogens is 6. The Bertz CT molecular complexity index is 1930. The van der Waals surface area contributed by atoms with Crippen LogP contribution < -0.4 is 4.72 Å². The zero-order chi connectivity index (χ0) is 31.7. The summed E-state index contributed by atoms with van der Waals surface area (Å²) in [5.41, 5.74) is -1.06. The van der Waals surface area contributed by atoms with Crippen LogP contribution in [-0.2, 0) is 41.8 Å². The van der Waals surface area contributed by atoms with E-state index in [2.05, 4.69) is 9.71 Å². The molecule has 13 heteroatoms. The lowest BCUT2D eigenvalue weighted by atomic mass is 10.0. The van der Waals surface area contributed by atoms with Gasteiger partial charge in [-0.25, -0.2) is 13.4 Å². The van der Waals surface area contributed by atoms with Crippen LogP contribution in [0.4, 0.5) is 32.0 Å². The van der Waals surface area contributed by atoms with Gasteiger partial charge in [-0.3, -0.25) is 4.72 Å². The van der Waals surface area contributed by atoms with Crippen LogP contribution in [0.1, 0.15) is 33.6 Å². The minimum Gasteiger partial charge on any atom is -0.323 e. The first-order chi connectivity index (χ1) is 20.7. The fourth-order valence-electron chi connectivity index (χ4n) is 4.71. The van der Waals surface area contributed by atoms with Crippen molar-refractivity contribution in [3.05, 3.63) is 125 Å². The van der Waals surface area contributed by atoms with Crippen molar-refractivity contribution in [3.63, 3.8) is 0 Å². The van der Waals surface area contributed by atoms with Gasteiger partial charge in [0.2, 0.25) is 0 Å². The molecule has 0 unspecified atom stereocenters.